The molecule has 1 aromatic carbocycles. The highest BCUT2D eigenvalue weighted by Crippen LogP contribution is 2.28. The van der Waals surface area contributed by atoms with Crippen LogP contribution in [0.5, 0.6) is 5.75 Å². The molecule has 0 aliphatic carbocycles. The number of hydrogen-bond donors (Lipinski definition) is 1. The molecule has 0 aliphatic heterocycles. The van der Waals surface area contributed by atoms with Crippen molar-refractivity contribution in [2.75, 3.05) is 5.32 Å². The summed E-state index contributed by atoms with van der Waals surface area (Å²) in [4.78, 5) is 4.15. The van der Waals surface area contributed by atoms with Crippen LogP contribution in [0.15, 0.2) is 48.8 Å². The maximum atomic E-state index is 5.80. The molecule has 3 nitrogen and oxygen atoms in total. The van der Waals surface area contributed by atoms with Gasteiger partial charge in [0.05, 0.1) is 17.8 Å². The van der Waals surface area contributed by atoms with E-state index in [1.54, 1.807) is 6.20 Å². The van der Waals surface area contributed by atoms with E-state index < -0.39 is 0 Å². The maximum absolute atomic E-state index is 5.80. The van der Waals surface area contributed by atoms with Gasteiger partial charge in [0.15, 0.2) is 0 Å². The topological polar surface area (TPSA) is 34.1 Å². The van der Waals surface area contributed by atoms with Crippen molar-refractivity contribution in [2.45, 2.75) is 32.9 Å². The summed E-state index contributed by atoms with van der Waals surface area (Å²) in [7, 11) is 0. The third-order valence-corrected chi connectivity index (χ3v) is 2.81. The molecule has 0 spiro atoms. The molecule has 1 heterocycles. The van der Waals surface area contributed by atoms with E-state index in [1.807, 2.05) is 50.4 Å². The summed E-state index contributed by atoms with van der Waals surface area (Å²) in [6.07, 6.45) is 3.83. The van der Waals surface area contributed by atoms with Crippen molar-refractivity contribution in [2.24, 2.45) is 0 Å². The Balaban J connectivity index is 2.15. The van der Waals surface area contributed by atoms with Gasteiger partial charge >= 0.3 is 0 Å². The summed E-state index contributed by atoms with van der Waals surface area (Å²) in [5.41, 5.74) is 2.16. The Morgan fingerprint density at radius 1 is 1.05 bits per heavy atom. The fraction of sp³-hybridized carbons (Fsp3) is 0.312. The molecule has 0 aliphatic rings. The van der Waals surface area contributed by atoms with Crippen molar-refractivity contribution in [3.63, 3.8) is 0 Å². The molecule has 2 rings (SSSR count). The van der Waals surface area contributed by atoms with E-state index in [2.05, 4.69) is 23.3 Å². The largest absolute Gasteiger partial charge is 0.489 e. The second-order valence-corrected chi connectivity index (χ2v) is 4.82. The zero-order chi connectivity index (χ0) is 13.7. The highest BCUT2D eigenvalue weighted by Gasteiger charge is 2.09. The Hall–Kier alpha value is -2.03. The second kappa shape index (κ2) is 6.23. The van der Waals surface area contributed by atoms with Gasteiger partial charge in [-0.2, -0.15) is 0 Å². The van der Waals surface area contributed by atoms with Gasteiger partial charge in [-0.25, -0.2) is 0 Å². The van der Waals surface area contributed by atoms with Crippen LogP contribution in [-0.2, 0) is 0 Å². The van der Waals surface area contributed by atoms with E-state index in [0.717, 1.165) is 17.0 Å². The average Bonchev–Trinajstić information content (AvgIpc) is 2.41. The lowest BCUT2D eigenvalue weighted by atomic mass is 10.1. The van der Waals surface area contributed by atoms with Crippen LogP contribution in [0.25, 0.3) is 0 Å². The van der Waals surface area contributed by atoms with Crippen LogP contribution in [0.4, 0.5) is 5.69 Å². The number of para-hydroxylation sites is 2. The van der Waals surface area contributed by atoms with Crippen molar-refractivity contribution in [3.05, 3.63) is 54.4 Å². The van der Waals surface area contributed by atoms with Gasteiger partial charge in [0.25, 0.3) is 0 Å². The van der Waals surface area contributed by atoms with Crippen LogP contribution in [0.1, 0.15) is 32.4 Å². The molecular weight excluding hydrogens is 236 g/mol. The predicted octanol–water partition coefficient (Wildman–Crippen LogP) is 4.04. The Morgan fingerprint density at radius 3 is 2.53 bits per heavy atom. The first kappa shape index (κ1) is 13.4. The van der Waals surface area contributed by atoms with E-state index in [1.165, 1.54) is 0 Å². The zero-order valence-corrected chi connectivity index (χ0v) is 11.6. The Kier molecular flexibility index (Phi) is 4.39. The minimum atomic E-state index is 0.164. The highest BCUT2D eigenvalue weighted by atomic mass is 16.5. The first-order chi connectivity index (χ1) is 9.16. The quantitative estimate of drug-likeness (QED) is 0.876. The third-order valence-electron chi connectivity index (χ3n) is 2.81. The van der Waals surface area contributed by atoms with E-state index in [0.29, 0.717) is 0 Å². The van der Waals surface area contributed by atoms with Crippen LogP contribution in [0, 0.1) is 0 Å². The number of ether oxygens (including phenoxy) is 1. The lowest BCUT2D eigenvalue weighted by molar-refractivity contribution is 0.243. The Bertz CT molecular complexity index is 511. The number of hydrogen-bond acceptors (Lipinski definition) is 3. The molecule has 1 atom stereocenters. The smallest absolute Gasteiger partial charge is 0.142 e. The number of rotatable bonds is 5. The molecule has 0 radical (unpaired) electrons. The van der Waals surface area contributed by atoms with Gasteiger partial charge in [-0.1, -0.05) is 18.2 Å². The summed E-state index contributed by atoms with van der Waals surface area (Å²) in [6.45, 7) is 6.17. The molecule has 1 N–H and O–H groups in total. The summed E-state index contributed by atoms with van der Waals surface area (Å²) in [6, 6.07) is 12.2. The number of benzene rings is 1. The Morgan fingerprint density at radius 2 is 1.84 bits per heavy atom. The van der Waals surface area contributed by atoms with Crippen LogP contribution in [-0.4, -0.2) is 11.1 Å². The monoisotopic (exact) mass is 256 g/mol. The number of anilines is 1. The maximum Gasteiger partial charge on any atom is 0.142 e. The normalized spacial score (nSPS) is 12.2. The molecule has 0 saturated heterocycles. The fourth-order valence-corrected chi connectivity index (χ4v) is 1.89. The minimum absolute atomic E-state index is 0.164. The standard InChI is InChI=1S/C16H20N2O/c1-12(2)19-16-9-5-4-8-15(16)18-13(3)14-7-6-10-17-11-14/h4-13,18H,1-3H3. The number of nitrogens with zero attached hydrogens (tertiary/aromatic N) is 1. The lowest BCUT2D eigenvalue weighted by Gasteiger charge is -2.19. The van der Waals surface area contributed by atoms with Gasteiger partial charge in [0.2, 0.25) is 0 Å². The number of aromatic nitrogens is 1. The SMILES string of the molecule is CC(C)Oc1ccccc1NC(C)c1cccnc1. The van der Waals surface area contributed by atoms with Gasteiger partial charge in [0.1, 0.15) is 5.75 Å². The van der Waals surface area contributed by atoms with E-state index >= 15 is 0 Å². The molecule has 0 bridgehead atoms. The summed E-state index contributed by atoms with van der Waals surface area (Å²) >= 11 is 0. The van der Waals surface area contributed by atoms with Crippen molar-refractivity contribution in [1.82, 2.24) is 4.98 Å². The molecule has 0 amide bonds. The van der Waals surface area contributed by atoms with Gasteiger partial charge in [-0.3, -0.25) is 4.98 Å². The van der Waals surface area contributed by atoms with E-state index in [9.17, 15) is 0 Å². The van der Waals surface area contributed by atoms with Crippen LogP contribution in [0.2, 0.25) is 0 Å². The van der Waals surface area contributed by atoms with Crippen molar-refractivity contribution in [3.8, 4) is 5.75 Å². The fourth-order valence-electron chi connectivity index (χ4n) is 1.89. The molecule has 1 aromatic heterocycles. The summed E-state index contributed by atoms with van der Waals surface area (Å²) in [5.74, 6) is 0.883. The van der Waals surface area contributed by atoms with Crippen LogP contribution < -0.4 is 10.1 Å². The van der Waals surface area contributed by atoms with Gasteiger partial charge < -0.3 is 10.1 Å². The summed E-state index contributed by atoms with van der Waals surface area (Å²) < 4.78 is 5.80. The molecule has 2 aromatic rings. The number of nitrogens with one attached hydrogen (secondary N) is 1. The molecule has 1 unspecified atom stereocenters. The molecule has 3 heteroatoms. The lowest BCUT2D eigenvalue weighted by Crippen LogP contribution is -2.11. The van der Waals surface area contributed by atoms with Crippen molar-refractivity contribution in [1.29, 1.82) is 0 Å². The van der Waals surface area contributed by atoms with Gasteiger partial charge in [-0.05, 0) is 44.5 Å². The van der Waals surface area contributed by atoms with Gasteiger partial charge in [0, 0.05) is 12.4 Å². The van der Waals surface area contributed by atoms with E-state index in [4.69, 9.17) is 4.74 Å². The first-order valence-electron chi connectivity index (χ1n) is 6.59. The molecule has 0 saturated carbocycles. The zero-order valence-electron chi connectivity index (χ0n) is 11.6. The molecule has 100 valence electrons. The average molecular weight is 256 g/mol. The molecular formula is C16H20N2O. The molecule has 19 heavy (non-hydrogen) atoms. The second-order valence-electron chi connectivity index (χ2n) is 4.82. The van der Waals surface area contributed by atoms with Crippen LogP contribution in [0.3, 0.4) is 0 Å². The van der Waals surface area contributed by atoms with Crippen molar-refractivity contribution >= 4 is 5.69 Å². The first-order valence-corrected chi connectivity index (χ1v) is 6.59. The van der Waals surface area contributed by atoms with E-state index in [-0.39, 0.29) is 12.1 Å². The Labute approximate surface area is 114 Å². The van der Waals surface area contributed by atoms with Gasteiger partial charge in [-0.15, -0.1) is 0 Å². The molecule has 0 fully saturated rings. The van der Waals surface area contributed by atoms with Crippen LogP contribution >= 0.6 is 0 Å². The number of pyridine rings is 1. The van der Waals surface area contributed by atoms with Crippen molar-refractivity contribution < 1.29 is 4.74 Å². The minimum Gasteiger partial charge on any atom is -0.489 e. The predicted molar refractivity (Wildman–Crippen MR) is 78.5 cm³/mol. The third kappa shape index (κ3) is 3.71. The summed E-state index contributed by atoms with van der Waals surface area (Å²) in [5, 5.41) is 3.47. The highest BCUT2D eigenvalue weighted by molar-refractivity contribution is 5.57.